The lowest BCUT2D eigenvalue weighted by Crippen LogP contribution is -2.22. The first-order valence-electron chi connectivity index (χ1n) is 8.02. The normalized spacial score (nSPS) is 10.3. The molecule has 0 radical (unpaired) electrons. The molecule has 8 nitrogen and oxygen atoms in total. The van der Waals surface area contributed by atoms with Gasteiger partial charge in [-0.25, -0.2) is 0 Å². The monoisotopic (exact) mass is 361 g/mol. The molecule has 1 N–H and O–H groups in total. The third-order valence-corrected chi connectivity index (χ3v) is 3.97. The number of nitrogens with one attached hydrogen (secondary N) is 1. The average Bonchev–Trinajstić information content (AvgIpc) is 2.86. The van der Waals surface area contributed by atoms with Gasteiger partial charge in [-0.1, -0.05) is 6.07 Å². The number of carbonyl (C=O) groups is 2. The van der Waals surface area contributed by atoms with Crippen LogP contribution in [0.1, 0.15) is 17.0 Å². The zero-order valence-corrected chi connectivity index (χ0v) is 15.6. The van der Waals surface area contributed by atoms with Crippen molar-refractivity contribution in [1.29, 1.82) is 0 Å². The molecule has 1 amide bonds. The SMILES string of the molecule is COc1ccc(CC(=O)OCC(=O)Nc2c(C)nn(C)c2C)c(OC)c1. The highest BCUT2D eigenvalue weighted by atomic mass is 16.5. The summed E-state index contributed by atoms with van der Waals surface area (Å²) in [4.78, 5) is 24.0. The minimum atomic E-state index is -0.525. The van der Waals surface area contributed by atoms with Crippen molar-refractivity contribution < 1.29 is 23.8 Å². The molecular formula is C18H23N3O5. The topological polar surface area (TPSA) is 91.7 Å². The van der Waals surface area contributed by atoms with Crippen LogP contribution in [0, 0.1) is 13.8 Å². The molecule has 0 aliphatic heterocycles. The van der Waals surface area contributed by atoms with Crippen molar-refractivity contribution in [2.75, 3.05) is 26.1 Å². The Labute approximate surface area is 152 Å². The van der Waals surface area contributed by atoms with Crippen LogP contribution in [-0.2, 0) is 27.8 Å². The summed E-state index contributed by atoms with van der Waals surface area (Å²) < 4.78 is 17.1. The number of nitrogens with zero attached hydrogens (tertiary/aromatic N) is 2. The highest BCUT2D eigenvalue weighted by Crippen LogP contribution is 2.25. The molecule has 1 aromatic carbocycles. The molecule has 1 heterocycles. The van der Waals surface area contributed by atoms with E-state index in [4.69, 9.17) is 14.2 Å². The average molecular weight is 361 g/mol. The Balaban J connectivity index is 1.91. The Kier molecular flexibility index (Phi) is 6.21. The van der Waals surface area contributed by atoms with Crippen molar-refractivity contribution in [3.8, 4) is 11.5 Å². The summed E-state index contributed by atoms with van der Waals surface area (Å²) in [6, 6.07) is 5.14. The first-order chi connectivity index (χ1) is 12.3. The lowest BCUT2D eigenvalue weighted by atomic mass is 10.1. The second-order valence-corrected chi connectivity index (χ2v) is 5.73. The highest BCUT2D eigenvalue weighted by Gasteiger charge is 2.15. The molecule has 0 unspecified atom stereocenters. The second kappa shape index (κ2) is 8.37. The number of hydrogen-bond donors (Lipinski definition) is 1. The molecule has 0 aliphatic rings. The van der Waals surface area contributed by atoms with E-state index in [1.54, 1.807) is 44.0 Å². The van der Waals surface area contributed by atoms with Crippen molar-refractivity contribution >= 4 is 17.6 Å². The van der Waals surface area contributed by atoms with Crippen LogP contribution in [-0.4, -0.2) is 42.5 Å². The van der Waals surface area contributed by atoms with Gasteiger partial charge in [0.1, 0.15) is 11.5 Å². The van der Waals surface area contributed by atoms with E-state index in [1.165, 1.54) is 7.11 Å². The first-order valence-corrected chi connectivity index (χ1v) is 8.02. The summed E-state index contributed by atoms with van der Waals surface area (Å²) in [6.45, 7) is 3.27. The number of aromatic nitrogens is 2. The summed E-state index contributed by atoms with van der Waals surface area (Å²) in [6.07, 6.45) is -0.00854. The standard InChI is InChI=1S/C18H23N3O5/c1-11-18(12(2)21(3)20-11)19-16(22)10-26-17(23)8-13-6-7-14(24-4)9-15(13)25-5/h6-7,9H,8,10H2,1-5H3,(H,19,22). The minimum absolute atomic E-state index is 0.00854. The van der Waals surface area contributed by atoms with Crippen LogP contribution in [0.5, 0.6) is 11.5 Å². The van der Waals surface area contributed by atoms with Crippen LogP contribution < -0.4 is 14.8 Å². The Hall–Kier alpha value is -3.03. The molecule has 0 saturated heterocycles. The number of aryl methyl sites for hydroxylation is 2. The van der Waals surface area contributed by atoms with Gasteiger partial charge in [0.15, 0.2) is 6.61 Å². The van der Waals surface area contributed by atoms with E-state index in [1.807, 2.05) is 6.92 Å². The van der Waals surface area contributed by atoms with Crippen LogP contribution in [0.15, 0.2) is 18.2 Å². The van der Waals surface area contributed by atoms with E-state index in [-0.39, 0.29) is 13.0 Å². The largest absolute Gasteiger partial charge is 0.497 e. The highest BCUT2D eigenvalue weighted by molar-refractivity contribution is 5.94. The number of hydrogen-bond acceptors (Lipinski definition) is 6. The van der Waals surface area contributed by atoms with Gasteiger partial charge in [0, 0.05) is 18.7 Å². The van der Waals surface area contributed by atoms with Crippen molar-refractivity contribution in [3.63, 3.8) is 0 Å². The van der Waals surface area contributed by atoms with Crippen molar-refractivity contribution in [2.45, 2.75) is 20.3 Å². The number of benzene rings is 1. The third kappa shape index (κ3) is 4.53. The van der Waals surface area contributed by atoms with Gasteiger partial charge in [-0.05, 0) is 19.9 Å². The first kappa shape index (κ1) is 19.3. The molecule has 2 aromatic rings. The number of amides is 1. The van der Waals surface area contributed by atoms with Gasteiger partial charge >= 0.3 is 5.97 Å². The lowest BCUT2D eigenvalue weighted by molar-refractivity contribution is -0.146. The predicted molar refractivity (Wildman–Crippen MR) is 95.5 cm³/mol. The van der Waals surface area contributed by atoms with E-state index in [2.05, 4.69) is 10.4 Å². The minimum Gasteiger partial charge on any atom is -0.497 e. The van der Waals surface area contributed by atoms with Crippen molar-refractivity contribution in [3.05, 3.63) is 35.2 Å². The molecule has 1 aromatic heterocycles. The van der Waals surface area contributed by atoms with Crippen molar-refractivity contribution in [1.82, 2.24) is 9.78 Å². The van der Waals surface area contributed by atoms with Gasteiger partial charge in [-0.3, -0.25) is 14.3 Å². The molecule has 140 valence electrons. The van der Waals surface area contributed by atoms with E-state index in [0.29, 0.717) is 28.4 Å². The second-order valence-electron chi connectivity index (χ2n) is 5.73. The quantitative estimate of drug-likeness (QED) is 0.756. The van der Waals surface area contributed by atoms with Crippen LogP contribution in [0.25, 0.3) is 0 Å². The number of anilines is 1. The molecule has 0 bridgehead atoms. The fourth-order valence-electron chi connectivity index (χ4n) is 2.48. The molecule has 0 fully saturated rings. The number of ether oxygens (including phenoxy) is 3. The van der Waals surface area contributed by atoms with Gasteiger partial charge < -0.3 is 19.5 Å². The van der Waals surface area contributed by atoms with Gasteiger partial charge in [-0.15, -0.1) is 0 Å². The molecule has 0 spiro atoms. The number of rotatable bonds is 7. The van der Waals surface area contributed by atoms with E-state index in [9.17, 15) is 9.59 Å². The molecular weight excluding hydrogens is 338 g/mol. The van der Waals surface area contributed by atoms with Gasteiger partial charge in [0.25, 0.3) is 5.91 Å². The molecule has 0 saturated carbocycles. The Morgan fingerprint density at radius 3 is 2.50 bits per heavy atom. The summed E-state index contributed by atoms with van der Waals surface area (Å²) >= 11 is 0. The molecule has 2 rings (SSSR count). The zero-order valence-electron chi connectivity index (χ0n) is 15.6. The van der Waals surface area contributed by atoms with Crippen LogP contribution in [0.2, 0.25) is 0 Å². The predicted octanol–water partition coefficient (Wildman–Crippen LogP) is 1.78. The van der Waals surface area contributed by atoms with E-state index >= 15 is 0 Å². The molecule has 0 atom stereocenters. The maximum atomic E-state index is 12.0. The summed E-state index contributed by atoms with van der Waals surface area (Å²) in [5.41, 5.74) is 2.81. The van der Waals surface area contributed by atoms with Crippen LogP contribution >= 0.6 is 0 Å². The third-order valence-electron chi connectivity index (χ3n) is 3.97. The van der Waals surface area contributed by atoms with Gasteiger partial charge in [0.05, 0.1) is 37.7 Å². The lowest BCUT2D eigenvalue weighted by Gasteiger charge is -2.10. The van der Waals surface area contributed by atoms with E-state index < -0.39 is 11.9 Å². The maximum absolute atomic E-state index is 12.0. The van der Waals surface area contributed by atoms with E-state index in [0.717, 1.165) is 5.69 Å². The van der Waals surface area contributed by atoms with Gasteiger partial charge in [0.2, 0.25) is 0 Å². The Morgan fingerprint density at radius 1 is 1.19 bits per heavy atom. The number of methoxy groups -OCH3 is 2. The number of esters is 1. The maximum Gasteiger partial charge on any atom is 0.310 e. The fourth-order valence-corrected chi connectivity index (χ4v) is 2.48. The molecule has 0 aliphatic carbocycles. The fraction of sp³-hybridized carbons (Fsp3) is 0.389. The van der Waals surface area contributed by atoms with Crippen LogP contribution in [0.4, 0.5) is 5.69 Å². The van der Waals surface area contributed by atoms with Crippen molar-refractivity contribution in [2.24, 2.45) is 7.05 Å². The Morgan fingerprint density at radius 2 is 1.92 bits per heavy atom. The Bertz CT molecular complexity index is 813. The smallest absolute Gasteiger partial charge is 0.310 e. The number of carbonyl (C=O) groups excluding carboxylic acids is 2. The summed E-state index contributed by atoms with van der Waals surface area (Å²) in [5, 5.41) is 6.93. The molecule has 8 heteroatoms. The van der Waals surface area contributed by atoms with Gasteiger partial charge in [-0.2, -0.15) is 5.10 Å². The summed E-state index contributed by atoms with van der Waals surface area (Å²) in [7, 11) is 4.85. The van der Waals surface area contributed by atoms with Crippen LogP contribution in [0.3, 0.4) is 0 Å². The summed E-state index contributed by atoms with van der Waals surface area (Å²) in [5.74, 6) is 0.204. The zero-order chi connectivity index (χ0) is 19.3. The molecule has 26 heavy (non-hydrogen) atoms.